The monoisotopic (exact) mass is 254 g/mol. The molecule has 1 nitrogen and oxygen atoms in total. The lowest BCUT2D eigenvalue weighted by atomic mass is 9.94. The first kappa shape index (κ1) is 10.2. The van der Waals surface area contributed by atoms with Crippen LogP contribution in [0.3, 0.4) is 0 Å². The van der Waals surface area contributed by atoms with Crippen molar-refractivity contribution in [2.45, 2.75) is 26.2 Å². The van der Waals surface area contributed by atoms with Crippen LogP contribution in [-0.2, 0) is 6.42 Å². The minimum atomic E-state index is 0.214. The van der Waals surface area contributed by atoms with Gasteiger partial charge in [0.05, 0.1) is 0 Å². The summed E-state index contributed by atoms with van der Waals surface area (Å²) in [7, 11) is 0. The summed E-state index contributed by atoms with van der Waals surface area (Å²) in [4.78, 5) is 0. The summed E-state index contributed by atoms with van der Waals surface area (Å²) in [6.45, 7) is 2.47. The van der Waals surface area contributed by atoms with E-state index in [1.165, 1.54) is 24.0 Å². The molecule has 0 unspecified atom stereocenters. The first-order valence-electron chi connectivity index (χ1n) is 5.01. The van der Waals surface area contributed by atoms with Gasteiger partial charge in [0.25, 0.3) is 0 Å². The van der Waals surface area contributed by atoms with Crippen LogP contribution in [-0.4, -0.2) is 11.7 Å². The van der Waals surface area contributed by atoms with E-state index in [0.717, 1.165) is 10.9 Å². The van der Waals surface area contributed by atoms with E-state index in [9.17, 15) is 5.11 Å². The Bertz CT molecular complexity index is 342. The average molecular weight is 255 g/mol. The van der Waals surface area contributed by atoms with Crippen molar-refractivity contribution in [1.82, 2.24) is 0 Å². The number of aryl methyl sites for hydroxylation is 1. The summed E-state index contributed by atoms with van der Waals surface area (Å²) in [6.07, 6.45) is 3.37. The average Bonchev–Trinajstić information content (AvgIpc) is 2.92. The molecule has 76 valence electrons. The second-order valence-corrected chi connectivity index (χ2v) is 5.32. The Morgan fingerprint density at radius 2 is 2.14 bits per heavy atom. The standard InChI is InChI=1S/C12H15BrO/c1-9-2-3-11(13)6-10(9)7-12(8-14)4-5-12/h2-3,6,14H,4-5,7-8H2,1H3. The zero-order valence-corrected chi connectivity index (χ0v) is 9.97. The molecule has 0 atom stereocenters. The van der Waals surface area contributed by atoms with Crippen molar-refractivity contribution in [3.05, 3.63) is 33.8 Å². The van der Waals surface area contributed by atoms with Gasteiger partial charge < -0.3 is 5.11 Å². The number of aliphatic hydroxyl groups excluding tert-OH is 1. The zero-order valence-electron chi connectivity index (χ0n) is 8.39. The highest BCUT2D eigenvalue weighted by Gasteiger charge is 2.41. The first-order chi connectivity index (χ1) is 6.65. The van der Waals surface area contributed by atoms with Crippen LogP contribution in [0, 0.1) is 12.3 Å². The molecule has 0 amide bonds. The van der Waals surface area contributed by atoms with Gasteiger partial charge in [-0.15, -0.1) is 0 Å². The molecular weight excluding hydrogens is 240 g/mol. The molecular formula is C12H15BrO. The second-order valence-electron chi connectivity index (χ2n) is 4.41. The molecule has 0 aliphatic heterocycles. The van der Waals surface area contributed by atoms with E-state index in [0.29, 0.717) is 6.61 Å². The molecule has 1 aliphatic rings. The van der Waals surface area contributed by atoms with Crippen LogP contribution in [0.15, 0.2) is 22.7 Å². The zero-order chi connectivity index (χ0) is 10.2. The molecule has 1 aromatic rings. The Labute approximate surface area is 93.3 Å². The predicted molar refractivity (Wildman–Crippen MR) is 61.3 cm³/mol. The quantitative estimate of drug-likeness (QED) is 0.880. The Morgan fingerprint density at radius 1 is 1.43 bits per heavy atom. The van der Waals surface area contributed by atoms with E-state index in [4.69, 9.17) is 0 Å². The van der Waals surface area contributed by atoms with Gasteiger partial charge in [-0.2, -0.15) is 0 Å². The number of hydrogen-bond donors (Lipinski definition) is 1. The fourth-order valence-corrected chi connectivity index (χ4v) is 2.21. The molecule has 14 heavy (non-hydrogen) atoms. The number of rotatable bonds is 3. The molecule has 0 spiro atoms. The summed E-state index contributed by atoms with van der Waals surface area (Å²) in [5.74, 6) is 0. The van der Waals surface area contributed by atoms with E-state index >= 15 is 0 Å². The third-order valence-electron chi connectivity index (χ3n) is 3.17. The van der Waals surface area contributed by atoms with Gasteiger partial charge in [-0.1, -0.05) is 22.0 Å². The van der Waals surface area contributed by atoms with Gasteiger partial charge in [0.2, 0.25) is 0 Å². The van der Waals surface area contributed by atoms with Crippen molar-refractivity contribution in [3.63, 3.8) is 0 Å². The highest BCUT2D eigenvalue weighted by Crippen LogP contribution is 2.48. The molecule has 2 heteroatoms. The maximum atomic E-state index is 9.27. The van der Waals surface area contributed by atoms with Gasteiger partial charge in [0.1, 0.15) is 0 Å². The van der Waals surface area contributed by atoms with Crippen LogP contribution in [0.4, 0.5) is 0 Å². The Balaban J connectivity index is 2.20. The molecule has 0 radical (unpaired) electrons. The van der Waals surface area contributed by atoms with Crippen LogP contribution < -0.4 is 0 Å². The molecule has 0 bridgehead atoms. The normalized spacial score (nSPS) is 18.2. The van der Waals surface area contributed by atoms with E-state index in [-0.39, 0.29) is 5.41 Å². The van der Waals surface area contributed by atoms with Crippen molar-refractivity contribution in [3.8, 4) is 0 Å². The summed E-state index contributed by atoms with van der Waals surface area (Å²) < 4.78 is 1.13. The summed E-state index contributed by atoms with van der Waals surface area (Å²) in [6, 6.07) is 6.37. The van der Waals surface area contributed by atoms with Gasteiger partial charge in [-0.3, -0.25) is 0 Å². The van der Waals surface area contributed by atoms with Crippen LogP contribution in [0.2, 0.25) is 0 Å². The second kappa shape index (κ2) is 3.67. The number of hydrogen-bond acceptors (Lipinski definition) is 1. The minimum Gasteiger partial charge on any atom is -0.396 e. The third-order valence-corrected chi connectivity index (χ3v) is 3.66. The highest BCUT2D eigenvalue weighted by atomic mass is 79.9. The lowest BCUT2D eigenvalue weighted by Crippen LogP contribution is -2.10. The summed E-state index contributed by atoms with van der Waals surface area (Å²) in [5.41, 5.74) is 2.91. The molecule has 1 N–H and O–H groups in total. The maximum absolute atomic E-state index is 9.27. The molecule has 0 heterocycles. The lowest BCUT2D eigenvalue weighted by Gasteiger charge is -2.13. The highest BCUT2D eigenvalue weighted by molar-refractivity contribution is 9.10. The molecule has 1 saturated carbocycles. The molecule has 0 saturated heterocycles. The Kier molecular flexibility index (Phi) is 2.67. The number of aliphatic hydroxyl groups is 1. The van der Waals surface area contributed by atoms with E-state index in [1.54, 1.807) is 0 Å². The van der Waals surface area contributed by atoms with E-state index in [1.807, 2.05) is 0 Å². The van der Waals surface area contributed by atoms with Crippen molar-refractivity contribution in [2.75, 3.05) is 6.61 Å². The van der Waals surface area contributed by atoms with Gasteiger partial charge >= 0.3 is 0 Å². The maximum Gasteiger partial charge on any atom is 0.0490 e. The third kappa shape index (κ3) is 2.01. The summed E-state index contributed by atoms with van der Waals surface area (Å²) >= 11 is 3.48. The fraction of sp³-hybridized carbons (Fsp3) is 0.500. The van der Waals surface area contributed by atoms with E-state index in [2.05, 4.69) is 41.1 Å². The lowest BCUT2D eigenvalue weighted by molar-refractivity contribution is 0.211. The van der Waals surface area contributed by atoms with E-state index < -0.39 is 0 Å². The Hall–Kier alpha value is -0.340. The smallest absolute Gasteiger partial charge is 0.0490 e. The van der Waals surface area contributed by atoms with Crippen molar-refractivity contribution in [2.24, 2.45) is 5.41 Å². The number of halogens is 1. The van der Waals surface area contributed by atoms with Gasteiger partial charge in [0.15, 0.2) is 0 Å². The van der Waals surface area contributed by atoms with Crippen LogP contribution in [0.5, 0.6) is 0 Å². The minimum absolute atomic E-state index is 0.214. The molecule has 2 rings (SSSR count). The van der Waals surface area contributed by atoms with Crippen molar-refractivity contribution >= 4 is 15.9 Å². The van der Waals surface area contributed by atoms with Gasteiger partial charge in [0, 0.05) is 11.1 Å². The van der Waals surface area contributed by atoms with Crippen LogP contribution in [0.1, 0.15) is 24.0 Å². The van der Waals surface area contributed by atoms with Gasteiger partial charge in [-0.05, 0) is 54.9 Å². The Morgan fingerprint density at radius 3 is 2.71 bits per heavy atom. The number of benzene rings is 1. The topological polar surface area (TPSA) is 20.2 Å². The van der Waals surface area contributed by atoms with Crippen LogP contribution >= 0.6 is 15.9 Å². The first-order valence-corrected chi connectivity index (χ1v) is 5.80. The molecule has 1 fully saturated rings. The van der Waals surface area contributed by atoms with Crippen molar-refractivity contribution in [1.29, 1.82) is 0 Å². The fourth-order valence-electron chi connectivity index (χ4n) is 1.80. The molecule has 1 aromatic carbocycles. The van der Waals surface area contributed by atoms with Crippen LogP contribution in [0.25, 0.3) is 0 Å². The summed E-state index contributed by atoms with van der Waals surface area (Å²) in [5, 5.41) is 9.27. The molecule has 1 aliphatic carbocycles. The largest absolute Gasteiger partial charge is 0.396 e. The predicted octanol–water partition coefficient (Wildman–Crippen LogP) is 3.07. The SMILES string of the molecule is Cc1ccc(Br)cc1CC1(CO)CC1. The van der Waals surface area contributed by atoms with Crippen molar-refractivity contribution < 1.29 is 5.11 Å². The van der Waals surface area contributed by atoms with Gasteiger partial charge in [-0.25, -0.2) is 0 Å². The molecule has 0 aromatic heterocycles.